The molecule has 8 atom stereocenters. The molecule has 0 radical (unpaired) electrons. The van der Waals surface area contributed by atoms with Crippen LogP contribution in [0.4, 0.5) is 0 Å². The van der Waals surface area contributed by atoms with Crippen LogP contribution in [-0.2, 0) is 9.47 Å². The van der Waals surface area contributed by atoms with Crippen LogP contribution in [0, 0.1) is 55.8 Å². The van der Waals surface area contributed by atoms with E-state index in [2.05, 4.69) is 82.8 Å². The second-order valence-corrected chi connectivity index (χ2v) is 19.9. The van der Waals surface area contributed by atoms with Crippen molar-refractivity contribution in [3.8, 4) is 22.3 Å². The fourth-order valence-electron chi connectivity index (χ4n) is 11.0. The van der Waals surface area contributed by atoms with E-state index in [1.54, 1.807) is 6.20 Å². The minimum atomic E-state index is 0. The van der Waals surface area contributed by atoms with Crippen LogP contribution < -0.4 is 17.0 Å². The maximum Gasteiger partial charge on any atom is 2.00 e. The molecule has 6 aliphatic carbocycles. The van der Waals surface area contributed by atoms with Gasteiger partial charge in [-0.05, 0) is 147 Å². The summed E-state index contributed by atoms with van der Waals surface area (Å²) >= 11 is 9.65. The van der Waals surface area contributed by atoms with Crippen molar-refractivity contribution in [3.63, 3.8) is 0 Å². The van der Waals surface area contributed by atoms with Gasteiger partial charge in [0.2, 0.25) is 0 Å². The Morgan fingerprint density at radius 1 is 0.597 bits per heavy atom. The van der Waals surface area contributed by atoms with Gasteiger partial charge in [-0.1, -0.05) is 126 Å². The van der Waals surface area contributed by atoms with E-state index < -0.39 is 0 Å². The van der Waals surface area contributed by atoms with Crippen LogP contribution >= 0.6 is 27.5 Å². The summed E-state index contributed by atoms with van der Waals surface area (Å²) in [5.74, 6) is 6.92. The van der Waals surface area contributed by atoms with Crippen molar-refractivity contribution in [2.45, 2.75) is 127 Å². The van der Waals surface area contributed by atoms with E-state index in [1.165, 1.54) is 131 Å². The number of halogens is 3. The number of benzene rings is 2. The second-order valence-electron chi connectivity index (χ2n) is 18.4. The zero-order valence-electron chi connectivity index (χ0n) is 39.7. The van der Waals surface area contributed by atoms with Crippen molar-refractivity contribution in [1.29, 1.82) is 0 Å². The number of aromatic nitrogens is 2. The predicted octanol–water partition coefficient (Wildman–Crippen LogP) is 11.3. The van der Waals surface area contributed by atoms with Gasteiger partial charge in [0.05, 0.1) is 0 Å². The molecule has 330 valence electrons. The van der Waals surface area contributed by atoms with Gasteiger partial charge in [0, 0.05) is 55.3 Å². The van der Waals surface area contributed by atoms with Crippen molar-refractivity contribution in [2.24, 2.45) is 35.5 Å². The minimum absolute atomic E-state index is 0. The molecule has 12 rings (SSSR count). The van der Waals surface area contributed by atoms with Crippen molar-refractivity contribution in [1.82, 2.24) is 9.97 Å². The summed E-state index contributed by atoms with van der Waals surface area (Å²) in [7, 11) is 0. The van der Waals surface area contributed by atoms with Gasteiger partial charge >= 0.3 is 46.1 Å². The molecule has 4 heterocycles. The summed E-state index contributed by atoms with van der Waals surface area (Å²) < 4.78 is 9.89. The van der Waals surface area contributed by atoms with Gasteiger partial charge in [-0.3, -0.25) is 4.98 Å². The Balaban J connectivity index is 0.000000280. The molecule has 0 amide bonds. The van der Waals surface area contributed by atoms with Crippen LogP contribution in [0.25, 0.3) is 22.3 Å². The molecule has 0 N–H and O–H groups in total. The summed E-state index contributed by atoms with van der Waals surface area (Å²) in [6.07, 6.45) is 29.1. The summed E-state index contributed by atoms with van der Waals surface area (Å²) in [6, 6.07) is 25.0. The molecule has 4 nitrogen and oxygen atoms in total. The summed E-state index contributed by atoms with van der Waals surface area (Å²) in [5, 5.41) is 0.575. The standard InChI is InChI=1S/C19H21N.C12H10ClN.C7H11Br.C7H11.2C4H8O.BrH.2Mg.2H/c1-13-17(15-5-3-2-4-6-15)9-10-20-19(13)18-12-14-7-8-16(18)11-14;1-9-11(7-8-14-12(9)13)10-5-3-2-4-6-10;8-7-4-5-1-2-6(7)3-5;1-2-7-4-3-6(1)5-7;2*1-2-4-5-3-1;;;;;/h2-6,9-10,14,16,18H,7-8,11-12H2,1H3;2-8H,1H3;5-7H,1-4H2;1,6-7H,2-5H2;2*1-4H2;1H;;;;/q;;;-1;;;;2*+2;2*-1/p-1. The van der Waals surface area contributed by atoms with Crippen molar-refractivity contribution < 1.29 is 29.3 Å². The smallest absolute Gasteiger partial charge is 1.00 e. The molecule has 9 heteroatoms. The first-order chi connectivity index (χ1) is 28.9. The third-order valence-corrected chi connectivity index (χ3v) is 15.8. The molecule has 8 unspecified atom stereocenters. The van der Waals surface area contributed by atoms with Gasteiger partial charge in [-0.25, -0.2) is 4.98 Å². The number of hydrogen-bond donors (Lipinski definition) is 0. The van der Waals surface area contributed by atoms with Crippen molar-refractivity contribution >= 4 is 73.6 Å². The Morgan fingerprint density at radius 3 is 1.47 bits per heavy atom. The van der Waals surface area contributed by atoms with Gasteiger partial charge in [0.1, 0.15) is 5.15 Å². The van der Waals surface area contributed by atoms with Gasteiger partial charge in [-0.15, -0.1) is 0 Å². The SMILES string of the molecule is BrC1CC2CCC1C2.C1CCOC1.C1CCOC1.Cc1c(-c2ccccc2)ccnc1C1CC2CCC1C2.Cc1c(-c2ccccc2)ccnc1Cl.[Br-].[CH-]1CC2CCC1C2.[H-].[H-].[Mg+2].[Mg+2]. The van der Waals surface area contributed by atoms with E-state index in [0.717, 1.165) is 83.8 Å². The van der Waals surface area contributed by atoms with Crippen LogP contribution in [-0.4, -0.2) is 87.3 Å². The average Bonchev–Trinajstić information content (AvgIpc) is 4.12. The molecule has 8 aliphatic rings. The quantitative estimate of drug-likeness (QED) is 0.0888. The van der Waals surface area contributed by atoms with E-state index in [9.17, 15) is 0 Å². The van der Waals surface area contributed by atoms with Crippen LogP contribution in [0.15, 0.2) is 85.2 Å². The van der Waals surface area contributed by atoms with E-state index in [1.807, 2.05) is 37.4 Å². The van der Waals surface area contributed by atoms with E-state index >= 15 is 0 Å². The molecule has 8 fully saturated rings. The molecule has 62 heavy (non-hydrogen) atoms. The Hall–Kier alpha value is -0.558. The predicted molar refractivity (Wildman–Crippen MR) is 264 cm³/mol. The van der Waals surface area contributed by atoms with Crippen LogP contribution in [0.1, 0.15) is 128 Å². The van der Waals surface area contributed by atoms with Gasteiger partial charge < -0.3 is 35.7 Å². The molecular formula is C53H71Br2ClMg2N2O2. The maximum atomic E-state index is 5.95. The number of alkyl halides is 1. The number of pyridine rings is 2. The number of ether oxygens (including phenoxy) is 2. The molecule has 2 aliphatic heterocycles. The second kappa shape index (κ2) is 28.6. The molecule has 2 aromatic heterocycles. The molecule has 6 saturated carbocycles. The number of rotatable bonds is 3. The minimum Gasteiger partial charge on any atom is -1.00 e. The summed E-state index contributed by atoms with van der Waals surface area (Å²) in [6.45, 7) is 8.24. The normalized spacial score (nSPS) is 27.4. The average molecular weight is 1010 g/mol. The molecule has 4 aromatic rings. The Bertz CT molecular complexity index is 1820. The first kappa shape index (κ1) is 54.1. The zero-order valence-corrected chi connectivity index (χ0v) is 44.4. The first-order valence-corrected chi connectivity index (χ1v) is 24.5. The van der Waals surface area contributed by atoms with Gasteiger partial charge in [0.25, 0.3) is 0 Å². The molecular weight excluding hydrogens is 940 g/mol. The van der Waals surface area contributed by atoms with Crippen LogP contribution in [0.3, 0.4) is 0 Å². The van der Waals surface area contributed by atoms with E-state index in [-0.39, 0.29) is 65.9 Å². The molecule has 0 spiro atoms. The number of nitrogens with zero attached hydrogens (tertiary/aromatic N) is 2. The van der Waals surface area contributed by atoms with Crippen molar-refractivity contribution in [3.05, 3.63) is 114 Å². The molecule has 6 bridgehead atoms. The zero-order chi connectivity index (χ0) is 40.8. The fourth-order valence-corrected chi connectivity index (χ4v) is 12.2. The first-order valence-electron chi connectivity index (χ1n) is 23.2. The van der Waals surface area contributed by atoms with Crippen LogP contribution in [0.2, 0.25) is 5.15 Å². The van der Waals surface area contributed by atoms with E-state index in [4.69, 9.17) is 26.1 Å². The van der Waals surface area contributed by atoms with E-state index in [0.29, 0.717) is 5.15 Å². The van der Waals surface area contributed by atoms with Gasteiger partial charge in [0.15, 0.2) is 0 Å². The largest absolute Gasteiger partial charge is 2.00 e. The van der Waals surface area contributed by atoms with Gasteiger partial charge in [-0.2, -0.15) is 12.3 Å². The Labute approximate surface area is 434 Å². The third kappa shape index (κ3) is 15.8. The molecule has 2 aromatic carbocycles. The van der Waals surface area contributed by atoms with Crippen LogP contribution in [0.5, 0.6) is 0 Å². The fraction of sp³-hybridized carbons (Fsp3) is 0.566. The summed E-state index contributed by atoms with van der Waals surface area (Å²) in [5.41, 5.74) is 8.80. The molecule has 2 saturated heterocycles. The van der Waals surface area contributed by atoms with Crippen molar-refractivity contribution in [2.75, 3.05) is 26.4 Å². The number of fused-ring (bicyclic) bond motifs is 6. The summed E-state index contributed by atoms with van der Waals surface area (Å²) in [4.78, 5) is 9.69. The Morgan fingerprint density at radius 2 is 1.11 bits per heavy atom. The number of hydrogen-bond acceptors (Lipinski definition) is 4. The monoisotopic (exact) mass is 1010 g/mol. The Kier molecular flexibility index (Phi) is 24.9. The topological polar surface area (TPSA) is 44.2 Å². The third-order valence-electron chi connectivity index (χ3n) is 14.3. The maximum absolute atomic E-state index is 5.95.